The van der Waals surface area contributed by atoms with Gasteiger partial charge in [-0.05, 0) is 23.4 Å². The summed E-state index contributed by atoms with van der Waals surface area (Å²) < 4.78 is 1.93. The van der Waals surface area contributed by atoms with Crippen LogP contribution in [0.3, 0.4) is 0 Å². The van der Waals surface area contributed by atoms with Crippen LogP contribution in [0.25, 0.3) is 0 Å². The predicted octanol–water partition coefficient (Wildman–Crippen LogP) is 1.67. The van der Waals surface area contributed by atoms with Crippen LogP contribution in [-0.2, 0) is 24.8 Å². The lowest BCUT2D eigenvalue weighted by Gasteiger charge is -2.32. The van der Waals surface area contributed by atoms with Crippen LogP contribution >= 0.6 is 11.3 Å². The molecule has 1 aliphatic heterocycles. The van der Waals surface area contributed by atoms with E-state index in [0.717, 1.165) is 24.2 Å². The summed E-state index contributed by atoms with van der Waals surface area (Å²) in [6.07, 6.45) is 4.46. The van der Waals surface area contributed by atoms with E-state index in [1.54, 1.807) is 23.9 Å². The van der Waals surface area contributed by atoms with E-state index in [4.69, 9.17) is 0 Å². The van der Waals surface area contributed by atoms with Gasteiger partial charge in [-0.15, -0.1) is 11.3 Å². The van der Waals surface area contributed by atoms with Crippen LogP contribution in [-0.4, -0.2) is 32.1 Å². The van der Waals surface area contributed by atoms with E-state index in [1.807, 2.05) is 28.0 Å². The number of carbonyl (C=O) groups is 1. The molecule has 0 radical (unpaired) electrons. The maximum atomic E-state index is 11.6. The van der Waals surface area contributed by atoms with Gasteiger partial charge in [-0.1, -0.05) is 0 Å². The molecule has 3 heterocycles. The fourth-order valence-electron chi connectivity index (χ4n) is 2.57. The monoisotopic (exact) mass is 277 g/mol. The number of aliphatic carboxylic acids is 1. The smallest absolute Gasteiger partial charge is 0.325 e. The van der Waals surface area contributed by atoms with Gasteiger partial charge in [-0.2, -0.15) is 0 Å². The van der Waals surface area contributed by atoms with E-state index in [2.05, 4.69) is 4.98 Å². The van der Waals surface area contributed by atoms with Crippen LogP contribution in [0.2, 0.25) is 0 Å². The lowest BCUT2D eigenvalue weighted by Crippen LogP contribution is -2.38. The molecule has 0 fully saturated rings. The van der Waals surface area contributed by atoms with Gasteiger partial charge in [-0.25, -0.2) is 4.98 Å². The second kappa shape index (κ2) is 4.79. The van der Waals surface area contributed by atoms with E-state index in [9.17, 15) is 9.90 Å². The number of aryl methyl sites for hydroxylation is 1. The minimum atomic E-state index is -0.776. The number of nitrogens with zero attached hydrogens (tertiary/aromatic N) is 3. The zero-order valence-electron chi connectivity index (χ0n) is 10.6. The first-order valence-corrected chi connectivity index (χ1v) is 7.03. The summed E-state index contributed by atoms with van der Waals surface area (Å²) in [6.45, 7) is 1.39. The van der Waals surface area contributed by atoms with E-state index >= 15 is 0 Å². The molecule has 1 N–H and O–H groups in total. The van der Waals surface area contributed by atoms with Crippen LogP contribution in [0, 0.1) is 0 Å². The van der Waals surface area contributed by atoms with Gasteiger partial charge in [0.15, 0.2) is 0 Å². The summed E-state index contributed by atoms with van der Waals surface area (Å²) in [5, 5.41) is 11.5. The number of rotatable bonds is 3. The van der Waals surface area contributed by atoms with Crippen LogP contribution in [0.4, 0.5) is 0 Å². The first kappa shape index (κ1) is 12.4. The second-order valence-corrected chi connectivity index (χ2v) is 5.76. The van der Waals surface area contributed by atoms with Crippen molar-refractivity contribution in [1.82, 2.24) is 14.5 Å². The van der Waals surface area contributed by atoms with Crippen molar-refractivity contribution in [3.63, 3.8) is 0 Å². The fraction of sp³-hybridized carbons (Fsp3) is 0.385. The maximum Gasteiger partial charge on any atom is 0.325 e. The number of fused-ring (bicyclic) bond motifs is 1. The van der Waals surface area contributed by atoms with E-state index in [1.165, 1.54) is 4.88 Å². The zero-order chi connectivity index (χ0) is 13.4. The molecule has 0 aromatic carbocycles. The molecule has 19 heavy (non-hydrogen) atoms. The van der Waals surface area contributed by atoms with Crippen molar-refractivity contribution in [3.8, 4) is 0 Å². The summed E-state index contributed by atoms with van der Waals surface area (Å²) in [5.41, 5.74) is 1.98. The first-order valence-electron chi connectivity index (χ1n) is 6.15. The molecular weight excluding hydrogens is 262 g/mol. The summed E-state index contributed by atoms with van der Waals surface area (Å²) >= 11 is 1.65. The van der Waals surface area contributed by atoms with Gasteiger partial charge in [0.05, 0.1) is 12.0 Å². The SMILES string of the molecule is Cn1cncc1CN1CCc2sccc2C1C(=O)O. The van der Waals surface area contributed by atoms with Crippen molar-refractivity contribution in [3.05, 3.63) is 40.1 Å². The molecular formula is C13H15N3O2S. The van der Waals surface area contributed by atoms with E-state index < -0.39 is 12.0 Å². The first-order chi connectivity index (χ1) is 9.16. The quantitative estimate of drug-likeness (QED) is 0.927. The van der Waals surface area contributed by atoms with E-state index in [-0.39, 0.29) is 0 Å². The highest BCUT2D eigenvalue weighted by molar-refractivity contribution is 7.10. The van der Waals surface area contributed by atoms with Gasteiger partial charge in [0, 0.05) is 31.2 Å². The highest BCUT2D eigenvalue weighted by Gasteiger charge is 2.33. The highest BCUT2D eigenvalue weighted by atomic mass is 32.1. The number of hydrogen-bond acceptors (Lipinski definition) is 4. The van der Waals surface area contributed by atoms with E-state index in [0.29, 0.717) is 6.54 Å². The lowest BCUT2D eigenvalue weighted by atomic mass is 10.00. The molecule has 2 aromatic rings. The third kappa shape index (κ3) is 2.17. The standard InChI is InChI=1S/C13H15N3O2S/c1-15-8-14-6-9(15)7-16-4-2-11-10(3-5-19-11)12(16)13(17)18/h3,5-6,8,12H,2,4,7H2,1H3,(H,17,18). The van der Waals surface area contributed by atoms with Crippen molar-refractivity contribution >= 4 is 17.3 Å². The zero-order valence-corrected chi connectivity index (χ0v) is 11.4. The summed E-state index contributed by atoms with van der Waals surface area (Å²) in [6, 6.07) is 1.40. The Balaban J connectivity index is 1.90. The molecule has 0 spiro atoms. The molecule has 6 heteroatoms. The molecule has 2 aromatic heterocycles. The van der Waals surface area contributed by atoms with Gasteiger partial charge in [0.1, 0.15) is 6.04 Å². The molecule has 3 rings (SSSR count). The Morgan fingerprint density at radius 2 is 2.47 bits per heavy atom. The highest BCUT2D eigenvalue weighted by Crippen LogP contribution is 2.34. The molecule has 1 unspecified atom stereocenters. The topological polar surface area (TPSA) is 58.4 Å². The number of aromatic nitrogens is 2. The minimum absolute atomic E-state index is 0.537. The molecule has 100 valence electrons. The summed E-state index contributed by atoms with van der Waals surface area (Å²) in [4.78, 5) is 18.9. The molecule has 0 bridgehead atoms. The number of hydrogen-bond donors (Lipinski definition) is 1. The maximum absolute atomic E-state index is 11.6. The normalized spacial score (nSPS) is 19.3. The lowest BCUT2D eigenvalue weighted by molar-refractivity contribution is -0.144. The Morgan fingerprint density at radius 3 is 3.16 bits per heavy atom. The average molecular weight is 277 g/mol. The van der Waals surface area contributed by atoms with Crippen LogP contribution in [0.5, 0.6) is 0 Å². The van der Waals surface area contributed by atoms with Crippen molar-refractivity contribution in [1.29, 1.82) is 0 Å². The van der Waals surface area contributed by atoms with Crippen molar-refractivity contribution in [2.24, 2.45) is 7.05 Å². The number of carboxylic acids is 1. The Morgan fingerprint density at radius 1 is 1.63 bits per heavy atom. The van der Waals surface area contributed by atoms with Crippen molar-refractivity contribution < 1.29 is 9.90 Å². The molecule has 0 aliphatic carbocycles. The molecule has 1 aliphatic rings. The largest absolute Gasteiger partial charge is 0.480 e. The Hall–Kier alpha value is -1.66. The van der Waals surface area contributed by atoms with Gasteiger partial charge in [0.2, 0.25) is 0 Å². The number of carboxylic acid groups (broad SMARTS) is 1. The van der Waals surface area contributed by atoms with Crippen LogP contribution in [0.1, 0.15) is 22.2 Å². The van der Waals surface area contributed by atoms with Gasteiger partial charge in [-0.3, -0.25) is 9.69 Å². The molecule has 1 atom stereocenters. The fourth-order valence-corrected chi connectivity index (χ4v) is 3.48. The second-order valence-electron chi connectivity index (χ2n) is 4.76. The Kier molecular flexibility index (Phi) is 3.12. The Bertz CT molecular complexity index is 605. The predicted molar refractivity (Wildman–Crippen MR) is 72.0 cm³/mol. The molecule has 0 saturated carbocycles. The van der Waals surface area contributed by atoms with Crippen molar-refractivity contribution in [2.75, 3.05) is 6.54 Å². The van der Waals surface area contributed by atoms with Gasteiger partial charge < -0.3 is 9.67 Å². The third-order valence-electron chi connectivity index (χ3n) is 3.58. The third-order valence-corrected chi connectivity index (χ3v) is 4.58. The molecule has 0 saturated heterocycles. The van der Waals surface area contributed by atoms with Crippen LogP contribution in [0.15, 0.2) is 24.0 Å². The summed E-state index contributed by atoms with van der Waals surface area (Å²) in [5.74, 6) is -0.776. The average Bonchev–Trinajstić information content (AvgIpc) is 2.98. The Labute approximate surface area is 115 Å². The molecule has 5 nitrogen and oxygen atoms in total. The number of imidazole rings is 1. The molecule has 0 amide bonds. The number of thiophene rings is 1. The minimum Gasteiger partial charge on any atom is -0.480 e. The van der Waals surface area contributed by atoms with Crippen LogP contribution < -0.4 is 0 Å². The van der Waals surface area contributed by atoms with Gasteiger partial charge >= 0.3 is 5.97 Å². The van der Waals surface area contributed by atoms with Gasteiger partial charge in [0.25, 0.3) is 0 Å². The summed E-state index contributed by atoms with van der Waals surface area (Å²) in [7, 11) is 1.93. The van der Waals surface area contributed by atoms with Crippen molar-refractivity contribution in [2.45, 2.75) is 19.0 Å².